The fraction of sp³-hybridized carbons (Fsp3) is 0.375. The predicted molar refractivity (Wildman–Crippen MR) is 160 cm³/mol. The Labute approximate surface area is 291 Å². The van der Waals surface area contributed by atoms with Gasteiger partial charge in [0.1, 0.15) is 24.7 Å². The lowest BCUT2D eigenvalue weighted by molar-refractivity contribution is -0.375. The number of carbonyl (C=O) groups excluding carboxylic acids is 2. The highest BCUT2D eigenvalue weighted by Crippen LogP contribution is 2.44. The highest BCUT2D eigenvalue weighted by molar-refractivity contribution is 5.98. The molecule has 9 nitrogen and oxygen atoms in total. The molecule has 3 rings (SSSR count). The summed E-state index contributed by atoms with van der Waals surface area (Å²) in [4.78, 5) is 25.9. The minimum atomic E-state index is -6.43. The quantitative estimate of drug-likeness (QED) is 0.0823. The molecule has 0 saturated carbocycles. The second-order valence-electron chi connectivity index (χ2n) is 11.7. The van der Waals surface area contributed by atoms with Crippen molar-refractivity contribution >= 4 is 23.3 Å². The van der Waals surface area contributed by atoms with E-state index >= 15 is 0 Å². The van der Waals surface area contributed by atoms with E-state index in [9.17, 15) is 72.5 Å². The maximum Gasteiger partial charge on any atom is 0.429 e. The Bertz CT molecular complexity index is 1730. The Morgan fingerprint density at radius 1 is 0.660 bits per heavy atom. The first kappa shape index (κ1) is 42.5. The largest absolute Gasteiger partial charge is 0.458 e. The van der Waals surface area contributed by atoms with Crippen LogP contribution in [0.3, 0.4) is 0 Å². The van der Waals surface area contributed by atoms with Crippen LogP contribution in [0.4, 0.5) is 64.1 Å². The van der Waals surface area contributed by atoms with Gasteiger partial charge in [-0.3, -0.25) is 0 Å². The summed E-state index contributed by atoms with van der Waals surface area (Å²) in [7, 11) is 0. The maximum atomic E-state index is 13.2. The zero-order valence-corrected chi connectivity index (χ0v) is 27.0. The number of nitrogens with one attached hydrogen (secondary N) is 1. The van der Waals surface area contributed by atoms with Gasteiger partial charge in [-0.1, -0.05) is 19.9 Å². The van der Waals surface area contributed by atoms with E-state index < -0.39 is 84.6 Å². The van der Waals surface area contributed by atoms with Gasteiger partial charge < -0.3 is 35.5 Å². The molecule has 0 amide bonds. The second kappa shape index (κ2) is 15.2. The summed E-state index contributed by atoms with van der Waals surface area (Å²) in [6, 6.07) is 13.4. The molecular formula is C32H28F12N2O7. The number of nitrogens with two attached hydrogens (primary N) is 1. The van der Waals surface area contributed by atoms with Crippen molar-refractivity contribution in [3.05, 3.63) is 82.9 Å². The normalized spacial score (nSPS) is 13.2. The van der Waals surface area contributed by atoms with E-state index in [4.69, 9.17) is 10.5 Å². The number of ether oxygens (including phenoxy) is 3. The molecule has 292 valence electrons. The van der Waals surface area contributed by atoms with Crippen LogP contribution >= 0.6 is 0 Å². The van der Waals surface area contributed by atoms with E-state index in [-0.39, 0.29) is 16.8 Å². The Morgan fingerprint density at radius 2 is 1.06 bits per heavy atom. The van der Waals surface area contributed by atoms with Crippen molar-refractivity contribution in [2.24, 2.45) is 0 Å². The highest BCUT2D eigenvalue weighted by atomic mass is 19.4. The molecule has 0 aromatic heterocycles. The fourth-order valence-electron chi connectivity index (χ4n) is 4.31. The van der Waals surface area contributed by atoms with E-state index in [1.807, 2.05) is 0 Å². The molecule has 0 aliphatic rings. The molecule has 5 N–H and O–H groups in total. The van der Waals surface area contributed by atoms with Gasteiger partial charge in [0.2, 0.25) is 0 Å². The summed E-state index contributed by atoms with van der Waals surface area (Å²) < 4.78 is 172. The van der Waals surface area contributed by atoms with Crippen molar-refractivity contribution in [1.82, 2.24) is 0 Å². The summed E-state index contributed by atoms with van der Waals surface area (Å²) in [5.74, 6) is -4.16. The van der Waals surface area contributed by atoms with E-state index in [1.54, 1.807) is 24.3 Å². The van der Waals surface area contributed by atoms with Crippen LogP contribution in [0.5, 0.6) is 11.5 Å². The smallest absolute Gasteiger partial charge is 0.429 e. The molecule has 0 radical (unpaired) electrons. The zero-order valence-electron chi connectivity index (χ0n) is 27.0. The summed E-state index contributed by atoms with van der Waals surface area (Å²) in [5, 5.41) is 21.6. The van der Waals surface area contributed by atoms with Crippen LogP contribution in [-0.4, -0.2) is 71.3 Å². The monoisotopic (exact) mass is 780 g/mol. The fourth-order valence-corrected chi connectivity index (χ4v) is 4.31. The molecule has 0 bridgehead atoms. The number of aliphatic hydroxyl groups is 2. The van der Waals surface area contributed by atoms with Crippen molar-refractivity contribution in [2.45, 2.75) is 62.2 Å². The molecule has 0 unspecified atom stereocenters. The van der Waals surface area contributed by atoms with Crippen molar-refractivity contribution in [3.63, 3.8) is 0 Å². The first-order valence-electron chi connectivity index (χ1n) is 14.7. The summed E-state index contributed by atoms with van der Waals surface area (Å²) in [5.41, 5.74) is -7.30. The molecule has 3 aromatic carbocycles. The van der Waals surface area contributed by atoms with Gasteiger partial charge in [-0.2, -0.15) is 52.7 Å². The standard InChI is InChI=1S/C32H28F12N2O7/c1-16(2)22-11-17(13-46-19-5-9-21(10-6-19)53-20-7-3-18(45)4-8-20)23(25(47)51-14-27(49,29(33,34)35)30(36,37)38)12-24(22)26(48)52-15-28(50,31(39,40)41)32(42,43)44/h3-12,16,46,49-50H,13-15,45H2,1-2H3. The molecule has 3 aromatic rings. The third-order valence-corrected chi connectivity index (χ3v) is 7.49. The van der Waals surface area contributed by atoms with E-state index in [1.165, 1.54) is 38.1 Å². The molecule has 0 atom stereocenters. The number of halogens is 12. The molecule has 21 heteroatoms. The van der Waals surface area contributed by atoms with Crippen LogP contribution in [0.2, 0.25) is 0 Å². The van der Waals surface area contributed by atoms with Gasteiger partial charge in [-0.15, -0.1) is 0 Å². The van der Waals surface area contributed by atoms with Crippen LogP contribution < -0.4 is 15.8 Å². The van der Waals surface area contributed by atoms with Crippen LogP contribution in [-0.2, 0) is 16.0 Å². The number of benzene rings is 3. The SMILES string of the molecule is CC(C)c1cc(CNc2ccc(Oc3ccc(N)cc3)cc2)c(C(=O)OCC(O)(C(F)(F)F)C(F)(F)F)cc1C(=O)OCC(O)(C(F)(F)F)C(F)(F)F. The minimum Gasteiger partial charge on any atom is -0.458 e. The number of hydrogen-bond acceptors (Lipinski definition) is 9. The average molecular weight is 781 g/mol. The van der Waals surface area contributed by atoms with E-state index in [0.29, 0.717) is 23.3 Å². The minimum absolute atomic E-state index is 0.236. The first-order chi connectivity index (χ1) is 24.1. The molecule has 0 heterocycles. The zero-order chi connectivity index (χ0) is 40.4. The second-order valence-corrected chi connectivity index (χ2v) is 11.7. The van der Waals surface area contributed by atoms with Crippen molar-refractivity contribution in [1.29, 1.82) is 0 Å². The van der Waals surface area contributed by atoms with Crippen LogP contribution in [0, 0.1) is 0 Å². The molecule has 53 heavy (non-hydrogen) atoms. The summed E-state index contributed by atoms with van der Waals surface area (Å²) in [6.45, 7) is -3.29. The molecule has 0 saturated heterocycles. The lowest BCUT2D eigenvalue weighted by Gasteiger charge is -2.32. The number of nitrogen functional groups attached to an aromatic ring is 1. The van der Waals surface area contributed by atoms with Gasteiger partial charge in [0.15, 0.2) is 0 Å². The van der Waals surface area contributed by atoms with Crippen molar-refractivity contribution in [3.8, 4) is 11.5 Å². The third-order valence-electron chi connectivity index (χ3n) is 7.49. The van der Waals surface area contributed by atoms with Gasteiger partial charge in [-0.25, -0.2) is 9.59 Å². The number of esters is 2. The lowest BCUT2D eigenvalue weighted by Crippen LogP contribution is -2.60. The van der Waals surface area contributed by atoms with E-state index in [0.717, 1.165) is 6.07 Å². The van der Waals surface area contributed by atoms with Gasteiger partial charge in [-0.05, 0) is 71.6 Å². The van der Waals surface area contributed by atoms with Crippen molar-refractivity contribution < 1.29 is 86.7 Å². The molecule has 0 fully saturated rings. The number of carbonyl (C=O) groups is 2. The third kappa shape index (κ3) is 9.55. The molecular weight excluding hydrogens is 752 g/mol. The predicted octanol–water partition coefficient (Wildman–Crippen LogP) is 7.82. The number of rotatable bonds is 12. The van der Waals surface area contributed by atoms with Gasteiger partial charge >= 0.3 is 36.6 Å². The molecule has 0 aliphatic heterocycles. The lowest BCUT2D eigenvalue weighted by atomic mass is 9.91. The number of alkyl halides is 12. The van der Waals surface area contributed by atoms with Crippen LogP contribution in [0.15, 0.2) is 60.7 Å². The Balaban J connectivity index is 2.02. The molecule has 0 spiro atoms. The molecule has 0 aliphatic carbocycles. The topological polar surface area (TPSA) is 140 Å². The Morgan fingerprint density at radius 3 is 1.45 bits per heavy atom. The maximum absolute atomic E-state index is 13.2. The van der Waals surface area contributed by atoms with Crippen molar-refractivity contribution in [2.75, 3.05) is 24.3 Å². The van der Waals surface area contributed by atoms with Gasteiger partial charge in [0.25, 0.3) is 11.2 Å². The highest BCUT2D eigenvalue weighted by Gasteiger charge is 2.72. The number of anilines is 2. The Kier molecular flexibility index (Phi) is 12.2. The average Bonchev–Trinajstić information content (AvgIpc) is 3.03. The van der Waals surface area contributed by atoms with Crippen LogP contribution in [0.25, 0.3) is 0 Å². The number of hydrogen-bond donors (Lipinski definition) is 4. The first-order valence-corrected chi connectivity index (χ1v) is 14.7. The van der Waals surface area contributed by atoms with Gasteiger partial charge in [0.05, 0.1) is 11.1 Å². The summed E-state index contributed by atoms with van der Waals surface area (Å²) in [6.07, 6.45) is -25.7. The van der Waals surface area contributed by atoms with Gasteiger partial charge in [0, 0.05) is 17.9 Å². The summed E-state index contributed by atoms with van der Waals surface area (Å²) >= 11 is 0. The van der Waals surface area contributed by atoms with E-state index in [2.05, 4.69) is 14.8 Å². The van der Waals surface area contributed by atoms with Crippen LogP contribution in [0.1, 0.15) is 51.6 Å². The Hall–Kier alpha value is -4.92.